The molecule has 21 heavy (non-hydrogen) atoms. The van der Waals surface area contributed by atoms with Crippen molar-refractivity contribution in [2.75, 3.05) is 11.9 Å². The van der Waals surface area contributed by atoms with Crippen LogP contribution in [0.2, 0.25) is 0 Å². The van der Waals surface area contributed by atoms with E-state index in [1.54, 1.807) is 11.9 Å². The summed E-state index contributed by atoms with van der Waals surface area (Å²) in [6.07, 6.45) is 5.51. The van der Waals surface area contributed by atoms with Gasteiger partial charge in [0.25, 0.3) is 5.91 Å². The number of carbonyl (C=O) groups excluding carboxylic acids is 1. The van der Waals surface area contributed by atoms with Crippen molar-refractivity contribution in [2.24, 2.45) is 4.99 Å². The van der Waals surface area contributed by atoms with Crippen LogP contribution in [0.4, 0.5) is 5.69 Å². The van der Waals surface area contributed by atoms with Gasteiger partial charge in [-0.05, 0) is 13.0 Å². The van der Waals surface area contributed by atoms with Gasteiger partial charge in [-0.2, -0.15) is 0 Å². The summed E-state index contributed by atoms with van der Waals surface area (Å²) in [7, 11) is 1.77. The predicted octanol–water partition coefficient (Wildman–Crippen LogP) is 2.93. The zero-order valence-electron chi connectivity index (χ0n) is 11.8. The number of amides is 1. The molecule has 0 radical (unpaired) electrons. The fourth-order valence-corrected chi connectivity index (χ4v) is 3.40. The van der Waals surface area contributed by atoms with Crippen molar-refractivity contribution in [1.29, 1.82) is 0 Å². The van der Waals surface area contributed by atoms with E-state index < -0.39 is 6.04 Å². The van der Waals surface area contributed by atoms with Gasteiger partial charge in [-0.1, -0.05) is 36.3 Å². The number of benzene rings is 1. The lowest BCUT2D eigenvalue weighted by Crippen LogP contribution is -2.32. The third-order valence-corrected chi connectivity index (χ3v) is 4.55. The molecule has 3 rings (SSSR count). The number of carbonyl (C=O) groups is 1. The normalized spacial score (nSPS) is 17.8. The molecular weight excluding hydrogens is 280 g/mol. The SMILES string of the molecule is C#Cc1cc2c(s1)C(c1ccccc1)=NC(C)C(=O)N2C. The molecule has 4 heteroatoms. The van der Waals surface area contributed by atoms with Crippen molar-refractivity contribution >= 4 is 28.6 Å². The molecule has 1 aliphatic rings. The highest BCUT2D eigenvalue weighted by Gasteiger charge is 2.29. The second-order valence-corrected chi connectivity index (χ2v) is 5.94. The van der Waals surface area contributed by atoms with Crippen LogP contribution in [0.1, 0.15) is 22.2 Å². The summed E-state index contributed by atoms with van der Waals surface area (Å²) < 4.78 is 0. The maximum Gasteiger partial charge on any atom is 0.251 e. The maximum absolute atomic E-state index is 12.4. The molecule has 0 spiro atoms. The Hall–Kier alpha value is -2.38. The zero-order chi connectivity index (χ0) is 15.0. The highest BCUT2D eigenvalue weighted by atomic mass is 32.1. The van der Waals surface area contributed by atoms with Crippen molar-refractivity contribution in [3.8, 4) is 12.3 Å². The molecule has 2 heterocycles. The molecule has 1 amide bonds. The summed E-state index contributed by atoms with van der Waals surface area (Å²) >= 11 is 1.50. The Kier molecular flexibility index (Phi) is 3.36. The van der Waals surface area contributed by atoms with Gasteiger partial charge in [0.1, 0.15) is 6.04 Å². The number of thiophene rings is 1. The Balaban J connectivity index is 2.25. The van der Waals surface area contributed by atoms with E-state index in [1.165, 1.54) is 11.3 Å². The Labute approximate surface area is 127 Å². The van der Waals surface area contributed by atoms with Crippen LogP contribution in [0.3, 0.4) is 0 Å². The van der Waals surface area contributed by atoms with Gasteiger partial charge >= 0.3 is 0 Å². The van der Waals surface area contributed by atoms with Gasteiger partial charge in [-0.25, -0.2) is 0 Å². The first-order valence-electron chi connectivity index (χ1n) is 6.63. The lowest BCUT2D eigenvalue weighted by Gasteiger charge is -2.16. The average molecular weight is 294 g/mol. The monoisotopic (exact) mass is 294 g/mol. The van der Waals surface area contributed by atoms with E-state index in [0.29, 0.717) is 0 Å². The molecule has 1 aromatic heterocycles. The number of hydrogen-bond acceptors (Lipinski definition) is 3. The highest BCUT2D eigenvalue weighted by Crippen LogP contribution is 2.34. The van der Waals surface area contributed by atoms with Gasteiger partial charge in [-0.15, -0.1) is 17.8 Å². The number of aliphatic imine (C=N–C) groups is 1. The smallest absolute Gasteiger partial charge is 0.251 e. The largest absolute Gasteiger partial charge is 0.312 e. The van der Waals surface area contributed by atoms with Crippen LogP contribution in [0, 0.1) is 12.3 Å². The van der Waals surface area contributed by atoms with Crippen LogP contribution in [0.25, 0.3) is 0 Å². The van der Waals surface area contributed by atoms with Crippen LogP contribution in [-0.4, -0.2) is 24.7 Å². The van der Waals surface area contributed by atoms with E-state index in [9.17, 15) is 4.79 Å². The fraction of sp³-hybridized carbons (Fsp3) is 0.176. The van der Waals surface area contributed by atoms with Gasteiger partial charge in [-0.3, -0.25) is 9.79 Å². The number of anilines is 1. The Morgan fingerprint density at radius 3 is 2.71 bits per heavy atom. The van der Waals surface area contributed by atoms with E-state index in [1.807, 2.05) is 43.3 Å². The molecule has 0 saturated heterocycles. The van der Waals surface area contributed by atoms with Gasteiger partial charge in [0.05, 0.1) is 21.2 Å². The summed E-state index contributed by atoms with van der Waals surface area (Å²) in [6.45, 7) is 1.82. The van der Waals surface area contributed by atoms with Crippen LogP contribution in [-0.2, 0) is 4.79 Å². The topological polar surface area (TPSA) is 32.7 Å². The zero-order valence-corrected chi connectivity index (χ0v) is 12.6. The molecule has 0 fully saturated rings. The maximum atomic E-state index is 12.4. The summed E-state index contributed by atoms with van der Waals surface area (Å²) in [6, 6.07) is 11.4. The van der Waals surface area contributed by atoms with E-state index in [4.69, 9.17) is 6.42 Å². The van der Waals surface area contributed by atoms with E-state index in [2.05, 4.69) is 10.9 Å². The summed E-state index contributed by atoms with van der Waals surface area (Å²) in [5.41, 5.74) is 2.67. The number of nitrogens with zero attached hydrogens (tertiary/aromatic N) is 2. The Morgan fingerprint density at radius 1 is 1.33 bits per heavy atom. The van der Waals surface area contributed by atoms with Crippen LogP contribution in [0.15, 0.2) is 41.4 Å². The minimum atomic E-state index is -0.404. The third kappa shape index (κ3) is 2.26. The van der Waals surface area contributed by atoms with Crippen molar-refractivity contribution < 1.29 is 4.79 Å². The number of terminal acetylenes is 1. The Bertz CT molecular complexity index is 768. The number of rotatable bonds is 1. The third-order valence-electron chi connectivity index (χ3n) is 3.49. The quantitative estimate of drug-likeness (QED) is 0.744. The van der Waals surface area contributed by atoms with Crippen molar-refractivity contribution in [2.45, 2.75) is 13.0 Å². The molecule has 1 aromatic carbocycles. The Morgan fingerprint density at radius 2 is 2.05 bits per heavy atom. The first-order chi connectivity index (χ1) is 10.1. The molecule has 104 valence electrons. The highest BCUT2D eigenvalue weighted by molar-refractivity contribution is 7.15. The number of likely N-dealkylation sites (N-methyl/N-ethyl adjacent to an activating group) is 1. The number of hydrogen-bond donors (Lipinski definition) is 0. The van der Waals surface area contributed by atoms with Crippen molar-refractivity contribution in [3.05, 3.63) is 51.7 Å². The molecule has 0 bridgehead atoms. The summed E-state index contributed by atoms with van der Waals surface area (Å²) in [4.78, 5) is 20.4. The lowest BCUT2D eigenvalue weighted by atomic mass is 10.1. The summed E-state index contributed by atoms with van der Waals surface area (Å²) in [5, 5.41) is 0. The lowest BCUT2D eigenvalue weighted by molar-refractivity contribution is -0.119. The van der Waals surface area contributed by atoms with Crippen molar-refractivity contribution in [1.82, 2.24) is 0 Å². The molecule has 3 nitrogen and oxygen atoms in total. The van der Waals surface area contributed by atoms with E-state index in [-0.39, 0.29) is 5.91 Å². The molecule has 1 unspecified atom stereocenters. The van der Waals surface area contributed by atoms with E-state index in [0.717, 1.165) is 26.7 Å². The first kappa shape index (κ1) is 13.6. The predicted molar refractivity (Wildman–Crippen MR) is 87.2 cm³/mol. The second kappa shape index (κ2) is 5.19. The van der Waals surface area contributed by atoms with Crippen LogP contribution < -0.4 is 4.90 Å². The molecule has 1 atom stereocenters. The minimum Gasteiger partial charge on any atom is -0.312 e. The standard InChI is InChI=1S/C17H14N2OS/c1-4-13-10-14-16(21-13)15(12-8-6-5-7-9-12)18-11(2)17(20)19(14)3/h1,5-11H,2-3H3. The van der Waals surface area contributed by atoms with Crippen LogP contribution in [0.5, 0.6) is 0 Å². The molecular formula is C17H14N2OS. The summed E-state index contributed by atoms with van der Waals surface area (Å²) in [5.74, 6) is 2.62. The molecule has 2 aromatic rings. The molecule has 0 aliphatic carbocycles. The minimum absolute atomic E-state index is 0.0245. The fourth-order valence-electron chi connectivity index (χ4n) is 2.38. The molecule has 0 N–H and O–H groups in total. The van der Waals surface area contributed by atoms with Gasteiger partial charge < -0.3 is 4.90 Å². The van der Waals surface area contributed by atoms with Gasteiger partial charge in [0.2, 0.25) is 0 Å². The average Bonchev–Trinajstić information content (AvgIpc) is 2.92. The van der Waals surface area contributed by atoms with Gasteiger partial charge in [0.15, 0.2) is 0 Å². The van der Waals surface area contributed by atoms with Crippen LogP contribution >= 0.6 is 11.3 Å². The molecule has 0 saturated carbocycles. The van der Waals surface area contributed by atoms with Crippen molar-refractivity contribution in [3.63, 3.8) is 0 Å². The van der Waals surface area contributed by atoms with E-state index >= 15 is 0 Å². The second-order valence-electron chi connectivity index (χ2n) is 4.89. The first-order valence-corrected chi connectivity index (χ1v) is 7.45. The van der Waals surface area contributed by atoms with Gasteiger partial charge in [0, 0.05) is 12.6 Å². The number of fused-ring (bicyclic) bond motifs is 1. The molecule has 1 aliphatic heterocycles.